The Kier molecular flexibility index (Phi) is 7.02. The standard InChI is InChI=1S/C19H23NO.C2H4O2/c1-20-19(14-6-4-3-5-7-14)17-9-8-16-13-18(21-2)11-10-15(16)12-17;1-2(3)4/h3-7,10-11,13,17,19-20H,8-9,12H2,1-2H3;1H3,(H,3,4). The first-order chi connectivity index (χ1) is 12.0. The fourth-order valence-corrected chi connectivity index (χ4v) is 3.51. The maximum absolute atomic E-state index is 9.00. The second-order valence-corrected chi connectivity index (χ2v) is 6.33. The SMILES string of the molecule is CC(=O)O.CNC(c1ccccc1)C1CCc2cc(OC)ccc2C1. The van der Waals surface area contributed by atoms with Crippen molar-refractivity contribution in [2.45, 2.75) is 32.2 Å². The summed E-state index contributed by atoms with van der Waals surface area (Å²) in [7, 11) is 3.81. The van der Waals surface area contributed by atoms with Gasteiger partial charge in [-0.3, -0.25) is 4.79 Å². The second kappa shape index (κ2) is 9.23. The maximum atomic E-state index is 9.00. The summed E-state index contributed by atoms with van der Waals surface area (Å²) in [5, 5.41) is 10.9. The molecule has 0 aromatic heterocycles. The van der Waals surface area contributed by atoms with Crippen LogP contribution in [-0.4, -0.2) is 25.2 Å². The minimum atomic E-state index is -0.833. The minimum absolute atomic E-state index is 0.432. The van der Waals surface area contributed by atoms with Crippen LogP contribution >= 0.6 is 0 Å². The van der Waals surface area contributed by atoms with Crippen LogP contribution in [0.4, 0.5) is 0 Å². The zero-order valence-corrected chi connectivity index (χ0v) is 15.2. The Hall–Kier alpha value is -2.33. The second-order valence-electron chi connectivity index (χ2n) is 6.33. The number of nitrogens with one attached hydrogen (secondary N) is 1. The highest BCUT2D eigenvalue weighted by Gasteiger charge is 2.26. The van der Waals surface area contributed by atoms with Crippen LogP contribution in [0.1, 0.15) is 36.1 Å². The van der Waals surface area contributed by atoms with E-state index in [4.69, 9.17) is 14.6 Å². The van der Waals surface area contributed by atoms with Crippen LogP contribution in [0.3, 0.4) is 0 Å². The average Bonchev–Trinajstić information content (AvgIpc) is 2.62. The first kappa shape index (κ1) is 19.0. The molecule has 2 atom stereocenters. The summed E-state index contributed by atoms with van der Waals surface area (Å²) in [4.78, 5) is 9.00. The molecule has 0 amide bonds. The zero-order valence-electron chi connectivity index (χ0n) is 15.2. The number of aliphatic carboxylic acids is 1. The molecule has 0 heterocycles. The van der Waals surface area contributed by atoms with Gasteiger partial charge >= 0.3 is 0 Å². The van der Waals surface area contributed by atoms with Crippen LogP contribution in [0.25, 0.3) is 0 Å². The van der Waals surface area contributed by atoms with Crippen molar-refractivity contribution in [3.63, 3.8) is 0 Å². The molecule has 2 aromatic rings. The fourth-order valence-electron chi connectivity index (χ4n) is 3.51. The third-order valence-corrected chi connectivity index (χ3v) is 4.62. The normalized spacial score (nSPS) is 16.8. The molecular weight excluding hydrogens is 314 g/mol. The van der Waals surface area contributed by atoms with Gasteiger partial charge in [0.05, 0.1) is 7.11 Å². The van der Waals surface area contributed by atoms with E-state index >= 15 is 0 Å². The lowest BCUT2D eigenvalue weighted by Crippen LogP contribution is -2.29. The van der Waals surface area contributed by atoms with Crippen molar-refractivity contribution in [1.29, 1.82) is 0 Å². The van der Waals surface area contributed by atoms with E-state index in [0.29, 0.717) is 12.0 Å². The molecule has 0 saturated carbocycles. The summed E-state index contributed by atoms with van der Waals surface area (Å²) >= 11 is 0. The van der Waals surface area contributed by atoms with E-state index in [1.165, 1.54) is 23.1 Å². The lowest BCUT2D eigenvalue weighted by atomic mass is 9.78. The van der Waals surface area contributed by atoms with Crippen LogP contribution in [0.2, 0.25) is 0 Å². The van der Waals surface area contributed by atoms with Crippen molar-refractivity contribution < 1.29 is 14.6 Å². The van der Waals surface area contributed by atoms with E-state index < -0.39 is 5.97 Å². The van der Waals surface area contributed by atoms with E-state index in [9.17, 15) is 0 Å². The molecule has 0 bridgehead atoms. The number of carboxylic acid groups (broad SMARTS) is 1. The van der Waals surface area contributed by atoms with Crippen LogP contribution < -0.4 is 10.1 Å². The molecule has 25 heavy (non-hydrogen) atoms. The number of hydrogen-bond donors (Lipinski definition) is 2. The summed E-state index contributed by atoms with van der Waals surface area (Å²) < 4.78 is 5.33. The lowest BCUT2D eigenvalue weighted by Gasteiger charge is -2.32. The summed E-state index contributed by atoms with van der Waals surface area (Å²) in [5.74, 6) is 0.790. The maximum Gasteiger partial charge on any atom is 0.300 e. The Labute approximate surface area is 149 Å². The van der Waals surface area contributed by atoms with E-state index in [-0.39, 0.29) is 0 Å². The smallest absolute Gasteiger partial charge is 0.300 e. The van der Waals surface area contributed by atoms with Crippen LogP contribution in [0, 0.1) is 5.92 Å². The number of rotatable bonds is 4. The molecule has 2 unspecified atom stereocenters. The predicted octanol–water partition coefficient (Wildman–Crippen LogP) is 3.85. The molecule has 134 valence electrons. The van der Waals surface area contributed by atoms with Gasteiger partial charge < -0.3 is 15.2 Å². The van der Waals surface area contributed by atoms with Gasteiger partial charge in [-0.1, -0.05) is 36.4 Å². The fraction of sp³-hybridized carbons (Fsp3) is 0.381. The highest BCUT2D eigenvalue weighted by molar-refractivity contribution is 5.62. The molecule has 3 rings (SSSR count). The molecule has 2 N–H and O–H groups in total. The van der Waals surface area contributed by atoms with Crippen LogP contribution in [0.5, 0.6) is 5.75 Å². The van der Waals surface area contributed by atoms with Gasteiger partial charge in [0.2, 0.25) is 0 Å². The lowest BCUT2D eigenvalue weighted by molar-refractivity contribution is -0.134. The first-order valence-corrected chi connectivity index (χ1v) is 8.62. The van der Waals surface area contributed by atoms with Gasteiger partial charge in [-0.25, -0.2) is 0 Å². The molecule has 0 spiro atoms. The molecule has 0 saturated heterocycles. The number of hydrogen-bond acceptors (Lipinski definition) is 3. The largest absolute Gasteiger partial charge is 0.497 e. The van der Waals surface area contributed by atoms with Crippen molar-refractivity contribution in [3.8, 4) is 5.75 Å². The van der Waals surface area contributed by atoms with E-state index in [0.717, 1.165) is 25.5 Å². The quantitative estimate of drug-likeness (QED) is 0.887. The van der Waals surface area contributed by atoms with E-state index in [1.807, 2.05) is 0 Å². The van der Waals surface area contributed by atoms with Crippen molar-refractivity contribution in [1.82, 2.24) is 5.32 Å². The van der Waals surface area contributed by atoms with Gasteiger partial charge in [0, 0.05) is 13.0 Å². The molecule has 2 aromatic carbocycles. The number of methoxy groups -OCH3 is 1. The van der Waals surface area contributed by atoms with Crippen molar-refractivity contribution in [3.05, 3.63) is 65.2 Å². The molecular formula is C21H27NO3. The summed E-state index contributed by atoms with van der Waals surface area (Å²) in [6.45, 7) is 1.08. The monoisotopic (exact) mass is 341 g/mol. The molecule has 0 fully saturated rings. The van der Waals surface area contributed by atoms with Gasteiger partial charge in [-0.05, 0) is 61.1 Å². The van der Waals surface area contributed by atoms with E-state index in [2.05, 4.69) is 60.9 Å². The Morgan fingerprint density at radius 1 is 1.20 bits per heavy atom. The number of benzene rings is 2. The van der Waals surface area contributed by atoms with E-state index in [1.54, 1.807) is 7.11 Å². The molecule has 4 nitrogen and oxygen atoms in total. The number of carboxylic acids is 1. The molecule has 1 aliphatic rings. The number of ether oxygens (including phenoxy) is 1. The highest BCUT2D eigenvalue weighted by Crippen LogP contribution is 2.35. The van der Waals surface area contributed by atoms with Crippen LogP contribution in [-0.2, 0) is 17.6 Å². The average molecular weight is 341 g/mol. The number of carbonyl (C=O) groups is 1. The highest BCUT2D eigenvalue weighted by atomic mass is 16.5. The predicted molar refractivity (Wildman–Crippen MR) is 100 cm³/mol. The summed E-state index contributed by atoms with van der Waals surface area (Å²) in [5.41, 5.74) is 4.32. The summed E-state index contributed by atoms with van der Waals surface area (Å²) in [6, 6.07) is 17.7. The Morgan fingerprint density at radius 2 is 1.88 bits per heavy atom. The topological polar surface area (TPSA) is 58.6 Å². The minimum Gasteiger partial charge on any atom is -0.497 e. The molecule has 1 aliphatic carbocycles. The van der Waals surface area contributed by atoms with Crippen LogP contribution in [0.15, 0.2) is 48.5 Å². The first-order valence-electron chi connectivity index (χ1n) is 8.62. The third kappa shape index (κ3) is 5.33. The van der Waals surface area contributed by atoms with Gasteiger partial charge in [-0.2, -0.15) is 0 Å². The molecule has 4 heteroatoms. The summed E-state index contributed by atoms with van der Waals surface area (Å²) in [6.07, 6.45) is 3.50. The van der Waals surface area contributed by atoms with Gasteiger partial charge in [-0.15, -0.1) is 0 Å². The van der Waals surface area contributed by atoms with Gasteiger partial charge in [0.1, 0.15) is 5.75 Å². The third-order valence-electron chi connectivity index (χ3n) is 4.62. The van der Waals surface area contributed by atoms with Crippen molar-refractivity contribution >= 4 is 5.97 Å². The Balaban J connectivity index is 0.000000511. The van der Waals surface area contributed by atoms with Gasteiger partial charge in [0.15, 0.2) is 0 Å². The Morgan fingerprint density at radius 3 is 2.48 bits per heavy atom. The zero-order chi connectivity index (χ0) is 18.2. The number of fused-ring (bicyclic) bond motifs is 1. The molecule has 0 radical (unpaired) electrons. The van der Waals surface area contributed by atoms with Crippen molar-refractivity contribution in [2.75, 3.05) is 14.2 Å². The van der Waals surface area contributed by atoms with Gasteiger partial charge in [0.25, 0.3) is 5.97 Å². The van der Waals surface area contributed by atoms with Crippen molar-refractivity contribution in [2.24, 2.45) is 5.92 Å². The number of aryl methyl sites for hydroxylation is 1. The Bertz CT molecular complexity index is 681. The molecule has 0 aliphatic heterocycles.